The van der Waals surface area contributed by atoms with Crippen LogP contribution in [-0.4, -0.2) is 64.3 Å². The molecule has 1 aliphatic heterocycles. The molecular weight excluding hydrogens is 216 g/mol. The molecule has 0 aliphatic carbocycles. The molecular formula is C12H26N4O. The first kappa shape index (κ1) is 14.3. The topological polar surface area (TPSA) is 48.9 Å². The van der Waals surface area contributed by atoms with Gasteiger partial charge in [0.15, 0.2) is 5.96 Å². The van der Waals surface area contributed by atoms with Crippen LogP contribution in [0.1, 0.15) is 19.3 Å². The molecule has 1 fully saturated rings. The van der Waals surface area contributed by atoms with Crippen molar-refractivity contribution in [1.29, 1.82) is 0 Å². The Balaban J connectivity index is 2.06. The molecule has 17 heavy (non-hydrogen) atoms. The first-order chi connectivity index (χ1) is 8.36. The number of likely N-dealkylation sites (tertiary alicyclic amines) is 1. The molecule has 0 spiro atoms. The van der Waals surface area contributed by atoms with Crippen LogP contribution in [0.4, 0.5) is 0 Å². The molecule has 0 unspecified atom stereocenters. The summed E-state index contributed by atoms with van der Waals surface area (Å²) in [5.41, 5.74) is 0. The summed E-state index contributed by atoms with van der Waals surface area (Å²) in [5.74, 6) is 0.860. The largest absolute Gasteiger partial charge is 0.383 e. The summed E-state index contributed by atoms with van der Waals surface area (Å²) in [6.45, 7) is 6.04. The number of guanidine groups is 1. The fraction of sp³-hybridized carbons (Fsp3) is 0.917. The van der Waals surface area contributed by atoms with E-state index >= 15 is 0 Å². The Morgan fingerprint density at radius 3 is 2.53 bits per heavy atom. The van der Waals surface area contributed by atoms with Crippen molar-refractivity contribution in [3.8, 4) is 0 Å². The van der Waals surface area contributed by atoms with E-state index in [0.29, 0.717) is 6.61 Å². The van der Waals surface area contributed by atoms with Crippen LogP contribution in [0.3, 0.4) is 0 Å². The van der Waals surface area contributed by atoms with Gasteiger partial charge < -0.3 is 20.3 Å². The summed E-state index contributed by atoms with van der Waals surface area (Å²) in [6.07, 6.45) is 4.09. The summed E-state index contributed by atoms with van der Waals surface area (Å²) in [4.78, 5) is 6.68. The zero-order valence-electron chi connectivity index (χ0n) is 11.2. The SMILES string of the molecule is CN=C(NCCOC)NCCN1CCCCC1. The predicted octanol–water partition coefficient (Wildman–Crippen LogP) is 0.284. The Kier molecular flexibility index (Phi) is 7.75. The molecule has 1 saturated heterocycles. The van der Waals surface area contributed by atoms with E-state index in [1.165, 1.54) is 32.4 Å². The first-order valence-electron chi connectivity index (χ1n) is 6.52. The number of methoxy groups -OCH3 is 1. The van der Waals surface area contributed by atoms with Gasteiger partial charge in [0.25, 0.3) is 0 Å². The lowest BCUT2D eigenvalue weighted by molar-refractivity contribution is 0.203. The van der Waals surface area contributed by atoms with Crippen LogP contribution >= 0.6 is 0 Å². The Morgan fingerprint density at radius 1 is 1.18 bits per heavy atom. The normalized spacial score (nSPS) is 18.1. The highest BCUT2D eigenvalue weighted by molar-refractivity contribution is 5.79. The number of piperidine rings is 1. The van der Waals surface area contributed by atoms with Crippen LogP contribution in [0.25, 0.3) is 0 Å². The van der Waals surface area contributed by atoms with E-state index in [4.69, 9.17) is 4.74 Å². The van der Waals surface area contributed by atoms with Crippen molar-refractivity contribution in [3.05, 3.63) is 0 Å². The standard InChI is InChI=1S/C12H26N4O/c1-13-12(15-7-11-17-2)14-6-10-16-8-4-3-5-9-16/h3-11H2,1-2H3,(H2,13,14,15). The molecule has 0 aromatic carbocycles. The summed E-state index contributed by atoms with van der Waals surface area (Å²) >= 11 is 0. The molecule has 0 aromatic heterocycles. The number of ether oxygens (including phenoxy) is 1. The number of hydrogen-bond donors (Lipinski definition) is 2. The van der Waals surface area contributed by atoms with Crippen molar-refractivity contribution < 1.29 is 4.74 Å². The number of rotatable bonds is 6. The molecule has 0 saturated carbocycles. The van der Waals surface area contributed by atoms with E-state index in [2.05, 4.69) is 20.5 Å². The summed E-state index contributed by atoms with van der Waals surface area (Å²) in [6, 6.07) is 0. The van der Waals surface area contributed by atoms with Gasteiger partial charge in [-0.2, -0.15) is 0 Å². The number of nitrogens with zero attached hydrogens (tertiary/aromatic N) is 2. The molecule has 100 valence electrons. The van der Waals surface area contributed by atoms with Crippen LogP contribution in [0.5, 0.6) is 0 Å². The van der Waals surface area contributed by atoms with E-state index in [9.17, 15) is 0 Å². The van der Waals surface area contributed by atoms with Crippen molar-refractivity contribution in [2.75, 3.05) is 53.5 Å². The number of nitrogens with one attached hydrogen (secondary N) is 2. The third-order valence-corrected chi connectivity index (χ3v) is 2.99. The lowest BCUT2D eigenvalue weighted by Gasteiger charge is -2.26. The molecule has 1 aliphatic rings. The van der Waals surface area contributed by atoms with Crippen LogP contribution in [-0.2, 0) is 4.74 Å². The van der Waals surface area contributed by atoms with Gasteiger partial charge in [0.1, 0.15) is 0 Å². The Hall–Kier alpha value is -0.810. The van der Waals surface area contributed by atoms with Gasteiger partial charge in [-0.05, 0) is 25.9 Å². The summed E-state index contributed by atoms with van der Waals surface area (Å²) in [7, 11) is 3.50. The van der Waals surface area contributed by atoms with Crippen molar-refractivity contribution in [2.24, 2.45) is 4.99 Å². The van der Waals surface area contributed by atoms with E-state index in [-0.39, 0.29) is 0 Å². The summed E-state index contributed by atoms with van der Waals surface area (Å²) in [5, 5.41) is 6.52. The molecule has 0 aromatic rings. The minimum Gasteiger partial charge on any atom is -0.383 e. The average Bonchev–Trinajstić information content (AvgIpc) is 2.38. The van der Waals surface area contributed by atoms with Gasteiger partial charge in [0.2, 0.25) is 0 Å². The Labute approximate surface area is 105 Å². The van der Waals surface area contributed by atoms with Crippen LogP contribution in [0, 0.1) is 0 Å². The molecule has 0 bridgehead atoms. The fourth-order valence-corrected chi connectivity index (χ4v) is 2.01. The molecule has 1 heterocycles. The quantitative estimate of drug-likeness (QED) is 0.399. The minimum absolute atomic E-state index is 0.701. The molecule has 5 nitrogen and oxygen atoms in total. The molecule has 1 rings (SSSR count). The van der Waals surface area contributed by atoms with Crippen LogP contribution < -0.4 is 10.6 Å². The van der Waals surface area contributed by atoms with Crippen molar-refractivity contribution in [2.45, 2.75) is 19.3 Å². The van der Waals surface area contributed by atoms with Crippen LogP contribution in [0.15, 0.2) is 4.99 Å². The van der Waals surface area contributed by atoms with Gasteiger partial charge >= 0.3 is 0 Å². The highest BCUT2D eigenvalue weighted by Crippen LogP contribution is 2.07. The van der Waals surface area contributed by atoms with Gasteiger partial charge in [0, 0.05) is 33.8 Å². The predicted molar refractivity (Wildman–Crippen MR) is 71.5 cm³/mol. The van der Waals surface area contributed by atoms with E-state index in [1.54, 1.807) is 14.2 Å². The average molecular weight is 242 g/mol. The monoisotopic (exact) mass is 242 g/mol. The van der Waals surface area contributed by atoms with E-state index in [1.807, 2.05) is 0 Å². The second-order valence-corrected chi connectivity index (χ2v) is 4.32. The number of aliphatic imine (C=N–C) groups is 1. The molecule has 0 atom stereocenters. The molecule has 0 amide bonds. The Morgan fingerprint density at radius 2 is 1.88 bits per heavy atom. The fourth-order valence-electron chi connectivity index (χ4n) is 2.01. The first-order valence-corrected chi connectivity index (χ1v) is 6.52. The van der Waals surface area contributed by atoms with Crippen molar-refractivity contribution in [1.82, 2.24) is 15.5 Å². The smallest absolute Gasteiger partial charge is 0.191 e. The number of hydrogen-bond acceptors (Lipinski definition) is 3. The maximum Gasteiger partial charge on any atom is 0.191 e. The second-order valence-electron chi connectivity index (χ2n) is 4.32. The third kappa shape index (κ3) is 6.48. The van der Waals surface area contributed by atoms with Gasteiger partial charge in [-0.3, -0.25) is 4.99 Å². The highest BCUT2D eigenvalue weighted by Gasteiger charge is 2.09. The van der Waals surface area contributed by atoms with Crippen molar-refractivity contribution in [3.63, 3.8) is 0 Å². The maximum atomic E-state index is 4.98. The Bertz CT molecular complexity index is 215. The maximum absolute atomic E-state index is 4.98. The lowest BCUT2D eigenvalue weighted by Crippen LogP contribution is -2.43. The van der Waals surface area contributed by atoms with Crippen molar-refractivity contribution >= 4 is 5.96 Å². The van der Waals surface area contributed by atoms with E-state index in [0.717, 1.165) is 25.6 Å². The zero-order chi connectivity index (χ0) is 12.3. The molecule has 5 heteroatoms. The zero-order valence-corrected chi connectivity index (χ0v) is 11.2. The van der Waals surface area contributed by atoms with Gasteiger partial charge in [0.05, 0.1) is 6.61 Å². The highest BCUT2D eigenvalue weighted by atomic mass is 16.5. The van der Waals surface area contributed by atoms with Gasteiger partial charge in [-0.25, -0.2) is 0 Å². The minimum atomic E-state index is 0.701. The van der Waals surface area contributed by atoms with Gasteiger partial charge in [-0.15, -0.1) is 0 Å². The summed E-state index contributed by atoms with van der Waals surface area (Å²) < 4.78 is 4.98. The molecule has 0 radical (unpaired) electrons. The van der Waals surface area contributed by atoms with Crippen LogP contribution in [0.2, 0.25) is 0 Å². The third-order valence-electron chi connectivity index (χ3n) is 2.99. The van der Waals surface area contributed by atoms with E-state index < -0.39 is 0 Å². The van der Waals surface area contributed by atoms with Gasteiger partial charge in [-0.1, -0.05) is 6.42 Å². The molecule has 2 N–H and O–H groups in total. The second kappa shape index (κ2) is 9.24. The lowest BCUT2D eigenvalue weighted by atomic mass is 10.1.